The molecule has 1 fully saturated rings. The molecule has 0 aliphatic carbocycles. The third kappa shape index (κ3) is 3.69. The number of alkyl halides is 3. The number of aromatic nitrogens is 1. The quantitative estimate of drug-likeness (QED) is 0.885. The molecule has 1 N–H and O–H groups in total. The highest BCUT2D eigenvalue weighted by atomic mass is 19.4. The van der Waals surface area contributed by atoms with Crippen molar-refractivity contribution in [2.24, 2.45) is 0 Å². The number of fused-ring (bicyclic) bond motifs is 1. The Bertz CT molecular complexity index is 851. The molecule has 2 amide bonds. The Kier molecular flexibility index (Phi) is 4.17. The molecule has 1 aromatic heterocycles. The number of anilines is 1. The van der Waals surface area contributed by atoms with Gasteiger partial charge in [0.15, 0.2) is 11.5 Å². The van der Waals surface area contributed by atoms with E-state index in [1.807, 2.05) is 0 Å². The minimum Gasteiger partial charge on any atom is -0.471 e. The highest BCUT2D eigenvalue weighted by Gasteiger charge is 2.34. The standard InChI is InChI=1S/C17H14F3N3O4/c18-17(19,20)10-1-4-15(21-6-10)27-12-7-23(8-12)16(24)22-11-2-3-13-14(5-11)26-9-25-13/h1-6,12H,7-9H2,(H,22,24). The number of hydrogen-bond acceptors (Lipinski definition) is 5. The molecule has 3 heterocycles. The van der Waals surface area contributed by atoms with Gasteiger partial charge in [0, 0.05) is 24.0 Å². The summed E-state index contributed by atoms with van der Waals surface area (Å²) in [7, 11) is 0. The first kappa shape index (κ1) is 17.3. The van der Waals surface area contributed by atoms with E-state index in [0.29, 0.717) is 30.3 Å². The van der Waals surface area contributed by atoms with E-state index in [0.717, 1.165) is 18.3 Å². The molecule has 27 heavy (non-hydrogen) atoms. The molecule has 0 bridgehead atoms. The van der Waals surface area contributed by atoms with Crippen LogP contribution < -0.4 is 19.5 Å². The van der Waals surface area contributed by atoms with Crippen molar-refractivity contribution in [3.05, 3.63) is 42.1 Å². The van der Waals surface area contributed by atoms with Gasteiger partial charge < -0.3 is 24.4 Å². The van der Waals surface area contributed by atoms with Crippen molar-refractivity contribution in [2.75, 3.05) is 25.2 Å². The molecule has 1 saturated heterocycles. The number of ether oxygens (including phenoxy) is 3. The normalized spacial score (nSPS) is 16.0. The van der Waals surface area contributed by atoms with E-state index in [2.05, 4.69) is 10.3 Å². The number of halogens is 3. The van der Waals surface area contributed by atoms with E-state index in [4.69, 9.17) is 14.2 Å². The van der Waals surface area contributed by atoms with E-state index in [-0.39, 0.29) is 24.8 Å². The zero-order valence-electron chi connectivity index (χ0n) is 13.8. The highest BCUT2D eigenvalue weighted by molar-refractivity contribution is 5.90. The molecule has 0 unspecified atom stereocenters. The third-order valence-corrected chi connectivity index (χ3v) is 4.11. The summed E-state index contributed by atoms with van der Waals surface area (Å²) in [6, 6.07) is 6.83. The number of pyridine rings is 1. The molecule has 2 aliphatic rings. The fraction of sp³-hybridized carbons (Fsp3) is 0.294. The lowest BCUT2D eigenvalue weighted by Crippen LogP contribution is -2.57. The molecule has 2 aromatic rings. The number of nitrogens with one attached hydrogen (secondary N) is 1. The van der Waals surface area contributed by atoms with Crippen molar-refractivity contribution in [1.82, 2.24) is 9.88 Å². The molecular formula is C17H14F3N3O4. The molecule has 0 saturated carbocycles. The zero-order chi connectivity index (χ0) is 19.0. The maximum atomic E-state index is 12.5. The average Bonchev–Trinajstić information content (AvgIpc) is 3.05. The second-order valence-electron chi connectivity index (χ2n) is 6.03. The lowest BCUT2D eigenvalue weighted by molar-refractivity contribution is -0.137. The molecule has 1 aromatic carbocycles. The van der Waals surface area contributed by atoms with Gasteiger partial charge in [-0.2, -0.15) is 13.2 Å². The van der Waals surface area contributed by atoms with Gasteiger partial charge in [0.1, 0.15) is 6.10 Å². The summed E-state index contributed by atoms with van der Waals surface area (Å²) in [6.07, 6.45) is -4.04. The number of carbonyl (C=O) groups is 1. The summed E-state index contributed by atoms with van der Waals surface area (Å²) in [5, 5.41) is 2.74. The SMILES string of the molecule is O=C(Nc1ccc2c(c1)OCO2)N1CC(Oc2ccc(C(F)(F)F)cn2)C1. The van der Waals surface area contributed by atoms with Gasteiger partial charge in [-0.3, -0.25) is 0 Å². The van der Waals surface area contributed by atoms with Crippen molar-refractivity contribution in [2.45, 2.75) is 12.3 Å². The summed E-state index contributed by atoms with van der Waals surface area (Å²) in [6.45, 7) is 0.758. The predicted octanol–water partition coefficient (Wildman–Crippen LogP) is 3.12. The van der Waals surface area contributed by atoms with Gasteiger partial charge >= 0.3 is 12.2 Å². The fourth-order valence-corrected chi connectivity index (χ4v) is 2.64. The number of likely N-dealkylation sites (tertiary alicyclic amines) is 1. The number of rotatable bonds is 3. The Hall–Kier alpha value is -3.17. The van der Waals surface area contributed by atoms with E-state index in [1.165, 1.54) is 4.90 Å². The largest absolute Gasteiger partial charge is 0.471 e. The first-order valence-corrected chi connectivity index (χ1v) is 8.04. The van der Waals surface area contributed by atoms with Crippen LogP contribution in [0.2, 0.25) is 0 Å². The number of benzene rings is 1. The van der Waals surface area contributed by atoms with Crippen molar-refractivity contribution < 1.29 is 32.2 Å². The maximum Gasteiger partial charge on any atom is 0.417 e. The Labute approximate surface area is 151 Å². The second kappa shape index (κ2) is 6.53. The second-order valence-corrected chi connectivity index (χ2v) is 6.03. The van der Waals surface area contributed by atoms with Crippen LogP contribution in [0.3, 0.4) is 0 Å². The van der Waals surface area contributed by atoms with Gasteiger partial charge in [-0.1, -0.05) is 0 Å². The van der Waals surface area contributed by atoms with Crippen molar-refractivity contribution in [3.8, 4) is 17.4 Å². The monoisotopic (exact) mass is 381 g/mol. The lowest BCUT2D eigenvalue weighted by atomic mass is 10.2. The lowest BCUT2D eigenvalue weighted by Gasteiger charge is -2.38. The minimum absolute atomic E-state index is 0.0869. The predicted molar refractivity (Wildman–Crippen MR) is 86.8 cm³/mol. The Balaban J connectivity index is 1.27. The smallest absolute Gasteiger partial charge is 0.417 e. The van der Waals surface area contributed by atoms with Crippen molar-refractivity contribution in [1.29, 1.82) is 0 Å². The fourth-order valence-electron chi connectivity index (χ4n) is 2.64. The molecule has 2 aliphatic heterocycles. The average molecular weight is 381 g/mol. The van der Waals surface area contributed by atoms with Gasteiger partial charge in [-0.25, -0.2) is 9.78 Å². The summed E-state index contributed by atoms with van der Waals surface area (Å²) >= 11 is 0. The summed E-state index contributed by atoms with van der Waals surface area (Å²) in [4.78, 5) is 17.4. The van der Waals surface area contributed by atoms with Gasteiger partial charge in [0.25, 0.3) is 0 Å². The van der Waals surface area contributed by atoms with Gasteiger partial charge in [-0.05, 0) is 18.2 Å². The van der Waals surface area contributed by atoms with Crippen LogP contribution in [0.25, 0.3) is 0 Å². The molecule has 7 nitrogen and oxygen atoms in total. The van der Waals surface area contributed by atoms with Crippen molar-refractivity contribution >= 4 is 11.7 Å². The first-order valence-electron chi connectivity index (χ1n) is 8.04. The van der Waals surface area contributed by atoms with Crippen LogP contribution in [0.15, 0.2) is 36.5 Å². The highest BCUT2D eigenvalue weighted by Crippen LogP contribution is 2.34. The van der Waals surface area contributed by atoms with E-state index < -0.39 is 11.7 Å². The van der Waals surface area contributed by atoms with Crippen LogP contribution in [0, 0.1) is 0 Å². The number of carbonyl (C=O) groups excluding carboxylic acids is 1. The Morgan fingerprint density at radius 1 is 1.19 bits per heavy atom. The topological polar surface area (TPSA) is 72.9 Å². The summed E-state index contributed by atoms with van der Waals surface area (Å²) in [5.41, 5.74) is -0.272. The van der Waals surface area contributed by atoms with Crippen LogP contribution in [0.5, 0.6) is 17.4 Å². The molecule has 142 valence electrons. The minimum atomic E-state index is -4.44. The van der Waals surface area contributed by atoms with E-state index >= 15 is 0 Å². The van der Waals surface area contributed by atoms with Crippen LogP contribution in [0.4, 0.5) is 23.7 Å². The van der Waals surface area contributed by atoms with E-state index in [9.17, 15) is 18.0 Å². The summed E-state index contributed by atoms with van der Waals surface area (Å²) < 4.78 is 53.4. The Morgan fingerprint density at radius 3 is 2.67 bits per heavy atom. The van der Waals surface area contributed by atoms with E-state index in [1.54, 1.807) is 18.2 Å². The number of nitrogens with zero attached hydrogens (tertiary/aromatic N) is 2. The molecule has 0 atom stereocenters. The number of hydrogen-bond donors (Lipinski definition) is 1. The van der Waals surface area contributed by atoms with Crippen molar-refractivity contribution in [3.63, 3.8) is 0 Å². The van der Waals surface area contributed by atoms with Crippen LogP contribution in [-0.4, -0.2) is 41.9 Å². The first-order chi connectivity index (χ1) is 12.9. The molecular weight excluding hydrogens is 367 g/mol. The molecule has 0 radical (unpaired) electrons. The Morgan fingerprint density at radius 2 is 1.96 bits per heavy atom. The van der Waals surface area contributed by atoms with Crippen LogP contribution in [0.1, 0.15) is 5.56 Å². The zero-order valence-corrected chi connectivity index (χ0v) is 13.8. The van der Waals surface area contributed by atoms with Gasteiger partial charge in [-0.15, -0.1) is 0 Å². The van der Waals surface area contributed by atoms with Crippen LogP contribution >= 0.6 is 0 Å². The molecule has 0 spiro atoms. The summed E-state index contributed by atoms with van der Waals surface area (Å²) in [5.74, 6) is 1.27. The number of urea groups is 1. The maximum absolute atomic E-state index is 12.5. The molecule has 10 heteroatoms. The van der Waals surface area contributed by atoms with Gasteiger partial charge in [0.2, 0.25) is 12.7 Å². The number of amides is 2. The molecule has 4 rings (SSSR count). The van der Waals surface area contributed by atoms with Gasteiger partial charge in [0.05, 0.1) is 18.7 Å². The van der Waals surface area contributed by atoms with Crippen LogP contribution in [-0.2, 0) is 6.18 Å². The third-order valence-electron chi connectivity index (χ3n) is 4.11.